The molecule has 0 amide bonds. The second-order valence-electron chi connectivity index (χ2n) is 3.75. The summed E-state index contributed by atoms with van der Waals surface area (Å²) in [5.74, 6) is 0.525. The average molecular weight is 264 g/mol. The standard InChI is InChI=1S/C11H9Cl3O/c12-5-11(15)10-4-9(10)6-1-7(13)3-8(14)2-6/h1-3,9-10H,4-5H2/t9-,10+/m1/s1. The molecule has 1 nitrogen and oxygen atoms in total. The van der Waals surface area contributed by atoms with Crippen molar-refractivity contribution in [3.8, 4) is 0 Å². The van der Waals surface area contributed by atoms with Gasteiger partial charge in [0.1, 0.15) is 0 Å². The Balaban J connectivity index is 2.16. The molecule has 2 rings (SSSR count). The number of ketones is 1. The second-order valence-corrected chi connectivity index (χ2v) is 4.89. The molecule has 1 aliphatic carbocycles. The van der Waals surface area contributed by atoms with Gasteiger partial charge in [-0.2, -0.15) is 0 Å². The first-order chi connectivity index (χ1) is 7.11. The quantitative estimate of drug-likeness (QED) is 0.756. The molecule has 0 aromatic heterocycles. The smallest absolute Gasteiger partial charge is 0.151 e. The Morgan fingerprint density at radius 3 is 2.40 bits per heavy atom. The number of rotatable bonds is 3. The maximum Gasteiger partial charge on any atom is 0.151 e. The predicted octanol–water partition coefficient (Wildman–Crippen LogP) is 3.90. The van der Waals surface area contributed by atoms with Gasteiger partial charge in [0.05, 0.1) is 5.88 Å². The average Bonchev–Trinajstić information content (AvgIpc) is 2.94. The number of alkyl halides is 1. The third-order valence-corrected chi connectivity index (χ3v) is 3.35. The van der Waals surface area contributed by atoms with Crippen LogP contribution in [0.4, 0.5) is 0 Å². The van der Waals surface area contributed by atoms with Crippen LogP contribution < -0.4 is 0 Å². The lowest BCUT2D eigenvalue weighted by Gasteiger charge is -2.01. The van der Waals surface area contributed by atoms with E-state index in [4.69, 9.17) is 34.8 Å². The SMILES string of the molecule is O=C(CCl)[C@H]1C[C@@H]1c1cc(Cl)cc(Cl)c1. The van der Waals surface area contributed by atoms with Crippen molar-refractivity contribution in [2.24, 2.45) is 5.92 Å². The van der Waals surface area contributed by atoms with Gasteiger partial charge in [-0.1, -0.05) is 23.2 Å². The summed E-state index contributed by atoms with van der Waals surface area (Å²) in [5, 5.41) is 1.22. The summed E-state index contributed by atoms with van der Waals surface area (Å²) in [4.78, 5) is 11.3. The van der Waals surface area contributed by atoms with Crippen LogP contribution in [0.3, 0.4) is 0 Å². The van der Waals surface area contributed by atoms with Gasteiger partial charge in [-0.05, 0) is 36.1 Å². The molecular weight excluding hydrogens is 254 g/mol. The molecule has 1 fully saturated rings. The lowest BCUT2D eigenvalue weighted by Crippen LogP contribution is -2.03. The maximum absolute atomic E-state index is 11.3. The normalized spacial score (nSPS) is 23.9. The maximum atomic E-state index is 11.3. The van der Waals surface area contributed by atoms with E-state index in [1.165, 1.54) is 0 Å². The van der Waals surface area contributed by atoms with E-state index in [1.807, 2.05) is 12.1 Å². The van der Waals surface area contributed by atoms with E-state index in [1.54, 1.807) is 6.07 Å². The first kappa shape index (κ1) is 11.3. The van der Waals surface area contributed by atoms with Crippen LogP contribution in [-0.4, -0.2) is 11.7 Å². The van der Waals surface area contributed by atoms with E-state index in [9.17, 15) is 4.79 Å². The minimum Gasteiger partial charge on any atom is -0.298 e. The third-order valence-electron chi connectivity index (χ3n) is 2.65. The number of halogens is 3. The summed E-state index contributed by atoms with van der Waals surface area (Å²) in [6, 6.07) is 5.41. The van der Waals surface area contributed by atoms with Crippen molar-refractivity contribution in [1.82, 2.24) is 0 Å². The van der Waals surface area contributed by atoms with Crippen molar-refractivity contribution in [1.29, 1.82) is 0 Å². The van der Waals surface area contributed by atoms with Crippen LogP contribution in [-0.2, 0) is 4.79 Å². The van der Waals surface area contributed by atoms with Crippen LogP contribution in [0.15, 0.2) is 18.2 Å². The largest absolute Gasteiger partial charge is 0.298 e. The van der Waals surface area contributed by atoms with Crippen molar-refractivity contribution in [2.45, 2.75) is 12.3 Å². The van der Waals surface area contributed by atoms with Gasteiger partial charge in [-0.15, -0.1) is 11.6 Å². The molecule has 1 aromatic carbocycles. The Hall–Kier alpha value is -0.240. The Labute approximate surface area is 103 Å². The zero-order chi connectivity index (χ0) is 11.0. The Morgan fingerprint density at radius 2 is 1.87 bits per heavy atom. The molecule has 0 radical (unpaired) electrons. The van der Waals surface area contributed by atoms with Gasteiger partial charge >= 0.3 is 0 Å². The van der Waals surface area contributed by atoms with Crippen molar-refractivity contribution in [3.63, 3.8) is 0 Å². The van der Waals surface area contributed by atoms with Crippen molar-refractivity contribution in [2.75, 3.05) is 5.88 Å². The van der Waals surface area contributed by atoms with Crippen molar-refractivity contribution >= 4 is 40.6 Å². The molecule has 1 aromatic rings. The van der Waals surface area contributed by atoms with Crippen LogP contribution in [0.25, 0.3) is 0 Å². The summed E-state index contributed by atoms with van der Waals surface area (Å²) in [6.45, 7) is 0. The Morgan fingerprint density at radius 1 is 1.27 bits per heavy atom. The molecular formula is C11H9Cl3O. The molecule has 1 aliphatic rings. The molecule has 4 heteroatoms. The molecule has 1 saturated carbocycles. The summed E-state index contributed by atoms with van der Waals surface area (Å²) in [6.07, 6.45) is 0.863. The fraction of sp³-hybridized carbons (Fsp3) is 0.364. The molecule has 0 bridgehead atoms. The van der Waals surface area contributed by atoms with Gasteiger partial charge < -0.3 is 0 Å². The van der Waals surface area contributed by atoms with Gasteiger partial charge in [0.15, 0.2) is 5.78 Å². The third kappa shape index (κ3) is 2.47. The van der Waals surface area contributed by atoms with Crippen LogP contribution in [0.5, 0.6) is 0 Å². The zero-order valence-corrected chi connectivity index (χ0v) is 10.1. The summed E-state index contributed by atoms with van der Waals surface area (Å²) in [7, 11) is 0. The summed E-state index contributed by atoms with van der Waals surface area (Å²) < 4.78 is 0. The van der Waals surface area contributed by atoms with Crippen LogP contribution in [0.2, 0.25) is 10.0 Å². The summed E-state index contributed by atoms with van der Waals surface area (Å²) >= 11 is 17.3. The number of hydrogen-bond acceptors (Lipinski definition) is 1. The topological polar surface area (TPSA) is 17.1 Å². The Kier molecular flexibility index (Phi) is 3.24. The van der Waals surface area contributed by atoms with Gasteiger partial charge in [0.25, 0.3) is 0 Å². The van der Waals surface area contributed by atoms with E-state index in [0.29, 0.717) is 10.0 Å². The zero-order valence-electron chi connectivity index (χ0n) is 7.84. The number of hydrogen-bond donors (Lipinski definition) is 0. The molecule has 0 unspecified atom stereocenters. The van der Waals surface area contributed by atoms with Gasteiger partial charge in [-0.3, -0.25) is 4.79 Å². The summed E-state index contributed by atoms with van der Waals surface area (Å²) in [5.41, 5.74) is 1.04. The monoisotopic (exact) mass is 262 g/mol. The molecule has 2 atom stereocenters. The lowest BCUT2D eigenvalue weighted by molar-refractivity contribution is -0.117. The van der Waals surface area contributed by atoms with Crippen molar-refractivity contribution < 1.29 is 4.79 Å². The van der Waals surface area contributed by atoms with Gasteiger partial charge in [0.2, 0.25) is 0 Å². The minimum atomic E-state index is 0.0667. The predicted molar refractivity (Wildman–Crippen MR) is 63.0 cm³/mol. The second kappa shape index (κ2) is 4.32. The van der Waals surface area contributed by atoms with E-state index in [0.717, 1.165) is 12.0 Å². The molecule has 0 aliphatic heterocycles. The van der Waals surface area contributed by atoms with E-state index in [-0.39, 0.29) is 23.5 Å². The number of Topliss-reactive ketones (excluding diaryl/α,β-unsaturated/α-hetero) is 1. The molecule has 0 spiro atoms. The highest BCUT2D eigenvalue weighted by atomic mass is 35.5. The van der Waals surface area contributed by atoms with Gasteiger partial charge in [0, 0.05) is 16.0 Å². The first-order valence-corrected chi connectivity index (χ1v) is 5.95. The fourth-order valence-electron chi connectivity index (χ4n) is 1.81. The van der Waals surface area contributed by atoms with E-state index in [2.05, 4.69) is 0 Å². The highest BCUT2D eigenvalue weighted by molar-refractivity contribution is 6.34. The molecule has 0 heterocycles. The van der Waals surface area contributed by atoms with Crippen LogP contribution >= 0.6 is 34.8 Å². The number of carbonyl (C=O) groups excluding carboxylic acids is 1. The first-order valence-electron chi connectivity index (χ1n) is 4.66. The minimum absolute atomic E-state index is 0.0667. The van der Waals surface area contributed by atoms with Crippen molar-refractivity contribution in [3.05, 3.63) is 33.8 Å². The van der Waals surface area contributed by atoms with Gasteiger partial charge in [-0.25, -0.2) is 0 Å². The fourth-order valence-corrected chi connectivity index (χ4v) is 2.55. The lowest BCUT2D eigenvalue weighted by atomic mass is 10.1. The van der Waals surface area contributed by atoms with E-state index >= 15 is 0 Å². The Bertz CT molecular complexity index is 383. The highest BCUT2D eigenvalue weighted by Crippen LogP contribution is 2.49. The number of benzene rings is 1. The highest BCUT2D eigenvalue weighted by Gasteiger charge is 2.43. The molecule has 0 N–H and O–H groups in total. The van der Waals surface area contributed by atoms with Crippen LogP contribution in [0, 0.1) is 5.92 Å². The van der Waals surface area contributed by atoms with Crippen LogP contribution in [0.1, 0.15) is 17.9 Å². The number of carbonyl (C=O) groups is 1. The molecule has 80 valence electrons. The van der Waals surface area contributed by atoms with E-state index < -0.39 is 0 Å². The molecule has 0 saturated heterocycles. The molecule has 15 heavy (non-hydrogen) atoms.